The van der Waals surface area contributed by atoms with Crippen molar-refractivity contribution in [2.45, 2.75) is 71.1 Å². The first-order valence-electron chi connectivity index (χ1n) is 7.68. The molecule has 0 unspecified atom stereocenters. The van der Waals surface area contributed by atoms with Gasteiger partial charge in [0.2, 0.25) is 0 Å². The first kappa shape index (κ1) is 15.9. The Morgan fingerprint density at radius 2 is 1.89 bits per heavy atom. The summed E-state index contributed by atoms with van der Waals surface area (Å²) in [5.74, 6) is 0. The van der Waals surface area contributed by atoms with Crippen LogP contribution in [0.5, 0.6) is 0 Å². The third-order valence-electron chi connectivity index (χ3n) is 3.90. The van der Waals surface area contributed by atoms with Gasteiger partial charge in [-0.15, -0.1) is 0 Å². The third-order valence-corrected chi connectivity index (χ3v) is 3.90. The molecule has 1 aliphatic rings. The topological polar surface area (TPSA) is 24.5 Å². The van der Waals surface area contributed by atoms with Crippen molar-refractivity contribution in [3.8, 4) is 0 Å². The molecule has 1 aliphatic carbocycles. The summed E-state index contributed by atoms with van der Waals surface area (Å²) in [7, 11) is 2.24. The second-order valence-electron chi connectivity index (χ2n) is 5.86. The van der Waals surface area contributed by atoms with E-state index in [4.69, 9.17) is 4.74 Å². The molecule has 0 atom stereocenters. The summed E-state index contributed by atoms with van der Waals surface area (Å²) in [6, 6.07) is 1.53. The fourth-order valence-corrected chi connectivity index (χ4v) is 2.68. The fourth-order valence-electron chi connectivity index (χ4n) is 2.68. The Hall–Kier alpha value is -0.120. The normalized spacial score (nSPS) is 25.0. The minimum Gasteiger partial charge on any atom is -0.377 e. The van der Waals surface area contributed by atoms with Crippen LogP contribution in [0.2, 0.25) is 0 Å². The van der Waals surface area contributed by atoms with Gasteiger partial charge in [0.25, 0.3) is 0 Å². The van der Waals surface area contributed by atoms with E-state index in [1.165, 1.54) is 38.6 Å². The highest BCUT2D eigenvalue weighted by molar-refractivity contribution is 4.81. The third kappa shape index (κ3) is 6.17. The molecular weight excluding hydrogens is 224 g/mol. The van der Waals surface area contributed by atoms with Crippen LogP contribution >= 0.6 is 0 Å². The molecule has 1 N–H and O–H groups in total. The maximum Gasteiger partial charge on any atom is 0.0596 e. The number of hydrogen-bond donors (Lipinski definition) is 1. The summed E-state index contributed by atoms with van der Waals surface area (Å²) in [6.45, 7) is 9.54. The second kappa shape index (κ2) is 8.89. The SMILES string of the molecule is CCCNC1CCC(N(C)CCOC(C)C)CC1. The molecule has 0 bridgehead atoms. The second-order valence-corrected chi connectivity index (χ2v) is 5.86. The van der Waals surface area contributed by atoms with E-state index in [1.54, 1.807) is 0 Å². The molecule has 1 saturated carbocycles. The van der Waals surface area contributed by atoms with E-state index in [-0.39, 0.29) is 0 Å². The highest BCUT2D eigenvalue weighted by Crippen LogP contribution is 2.22. The number of hydrogen-bond acceptors (Lipinski definition) is 3. The summed E-state index contributed by atoms with van der Waals surface area (Å²) in [4.78, 5) is 2.48. The van der Waals surface area contributed by atoms with Crippen LogP contribution in [0.25, 0.3) is 0 Å². The monoisotopic (exact) mass is 256 g/mol. The predicted molar refractivity (Wildman–Crippen MR) is 78.1 cm³/mol. The Morgan fingerprint density at radius 1 is 1.22 bits per heavy atom. The zero-order valence-corrected chi connectivity index (χ0v) is 12.7. The molecule has 18 heavy (non-hydrogen) atoms. The molecule has 0 aromatic heterocycles. The maximum atomic E-state index is 5.62. The van der Waals surface area contributed by atoms with Crippen molar-refractivity contribution >= 4 is 0 Å². The molecule has 0 aromatic carbocycles. The van der Waals surface area contributed by atoms with Gasteiger partial charge in [0.05, 0.1) is 12.7 Å². The number of rotatable bonds is 8. The molecule has 3 nitrogen and oxygen atoms in total. The van der Waals surface area contributed by atoms with Crippen LogP contribution in [0.4, 0.5) is 0 Å². The molecule has 0 saturated heterocycles. The quantitative estimate of drug-likeness (QED) is 0.722. The summed E-state index contributed by atoms with van der Waals surface area (Å²) < 4.78 is 5.62. The van der Waals surface area contributed by atoms with Crippen molar-refractivity contribution in [3.05, 3.63) is 0 Å². The van der Waals surface area contributed by atoms with Crippen molar-refractivity contribution in [2.24, 2.45) is 0 Å². The van der Waals surface area contributed by atoms with E-state index in [0.29, 0.717) is 6.10 Å². The summed E-state index contributed by atoms with van der Waals surface area (Å²) >= 11 is 0. The number of likely N-dealkylation sites (N-methyl/N-ethyl adjacent to an activating group) is 1. The largest absolute Gasteiger partial charge is 0.377 e. The Bertz CT molecular complexity index is 201. The average molecular weight is 256 g/mol. The molecule has 3 heteroatoms. The van der Waals surface area contributed by atoms with E-state index < -0.39 is 0 Å². The van der Waals surface area contributed by atoms with Crippen molar-refractivity contribution in [3.63, 3.8) is 0 Å². The summed E-state index contributed by atoms with van der Waals surface area (Å²) in [5, 5.41) is 3.65. The van der Waals surface area contributed by atoms with Crippen molar-refractivity contribution in [2.75, 3.05) is 26.7 Å². The van der Waals surface area contributed by atoms with Gasteiger partial charge in [-0.3, -0.25) is 0 Å². The standard InChI is InChI=1S/C15H32N2O/c1-5-10-16-14-6-8-15(9-7-14)17(4)11-12-18-13(2)3/h13-16H,5-12H2,1-4H3. The predicted octanol–water partition coefficient (Wildman–Crippen LogP) is 2.65. The Balaban J connectivity index is 2.13. The Labute approximate surface area is 113 Å². The first-order valence-corrected chi connectivity index (χ1v) is 7.68. The van der Waals surface area contributed by atoms with Gasteiger partial charge >= 0.3 is 0 Å². The summed E-state index contributed by atoms with van der Waals surface area (Å²) in [5.41, 5.74) is 0. The minimum absolute atomic E-state index is 0.354. The highest BCUT2D eigenvalue weighted by Gasteiger charge is 2.23. The van der Waals surface area contributed by atoms with Crippen LogP contribution in [-0.2, 0) is 4.74 Å². The smallest absolute Gasteiger partial charge is 0.0596 e. The van der Waals surface area contributed by atoms with Gasteiger partial charge in [0.15, 0.2) is 0 Å². The molecule has 0 radical (unpaired) electrons. The molecule has 0 amide bonds. The lowest BCUT2D eigenvalue weighted by atomic mass is 9.90. The highest BCUT2D eigenvalue weighted by atomic mass is 16.5. The van der Waals surface area contributed by atoms with Crippen LogP contribution in [-0.4, -0.2) is 49.8 Å². The van der Waals surface area contributed by atoms with Gasteiger partial charge in [-0.1, -0.05) is 6.92 Å². The van der Waals surface area contributed by atoms with E-state index in [9.17, 15) is 0 Å². The van der Waals surface area contributed by atoms with Crippen LogP contribution in [0.15, 0.2) is 0 Å². The maximum absolute atomic E-state index is 5.62. The number of nitrogens with zero attached hydrogens (tertiary/aromatic N) is 1. The van der Waals surface area contributed by atoms with Crippen LogP contribution in [0.1, 0.15) is 52.9 Å². The molecular formula is C15H32N2O. The number of ether oxygens (including phenoxy) is 1. The average Bonchev–Trinajstić information content (AvgIpc) is 2.36. The lowest BCUT2D eigenvalue weighted by molar-refractivity contribution is 0.0502. The molecule has 0 spiro atoms. The molecule has 0 aliphatic heterocycles. The number of nitrogens with one attached hydrogen (secondary N) is 1. The van der Waals surface area contributed by atoms with Crippen molar-refractivity contribution in [1.29, 1.82) is 0 Å². The van der Waals surface area contributed by atoms with Gasteiger partial charge in [-0.25, -0.2) is 0 Å². The summed E-state index contributed by atoms with van der Waals surface area (Å²) in [6.07, 6.45) is 6.93. The fraction of sp³-hybridized carbons (Fsp3) is 1.00. The molecule has 0 heterocycles. The zero-order valence-electron chi connectivity index (χ0n) is 12.7. The van der Waals surface area contributed by atoms with Crippen LogP contribution < -0.4 is 5.32 Å². The molecule has 108 valence electrons. The van der Waals surface area contributed by atoms with Crippen LogP contribution in [0.3, 0.4) is 0 Å². The van der Waals surface area contributed by atoms with E-state index >= 15 is 0 Å². The van der Waals surface area contributed by atoms with Gasteiger partial charge < -0.3 is 15.0 Å². The van der Waals surface area contributed by atoms with Gasteiger partial charge in [-0.2, -0.15) is 0 Å². The minimum atomic E-state index is 0.354. The van der Waals surface area contributed by atoms with E-state index in [2.05, 4.69) is 38.0 Å². The molecule has 1 fully saturated rings. The van der Waals surface area contributed by atoms with E-state index in [0.717, 1.165) is 25.2 Å². The van der Waals surface area contributed by atoms with Gasteiger partial charge in [-0.05, 0) is 59.5 Å². The lowest BCUT2D eigenvalue weighted by Crippen LogP contribution is -2.42. The van der Waals surface area contributed by atoms with Crippen molar-refractivity contribution < 1.29 is 4.74 Å². The molecule has 1 rings (SSSR count). The lowest BCUT2D eigenvalue weighted by Gasteiger charge is -2.35. The first-order chi connectivity index (χ1) is 8.63. The zero-order chi connectivity index (χ0) is 13.4. The van der Waals surface area contributed by atoms with Crippen LogP contribution in [0, 0.1) is 0 Å². The Morgan fingerprint density at radius 3 is 2.44 bits per heavy atom. The molecule has 0 aromatic rings. The Kier molecular flexibility index (Phi) is 7.87. The van der Waals surface area contributed by atoms with Crippen molar-refractivity contribution in [1.82, 2.24) is 10.2 Å². The van der Waals surface area contributed by atoms with E-state index in [1.807, 2.05) is 0 Å². The van der Waals surface area contributed by atoms with Gasteiger partial charge in [0.1, 0.15) is 0 Å². The van der Waals surface area contributed by atoms with Gasteiger partial charge in [0, 0.05) is 18.6 Å².